The van der Waals surface area contributed by atoms with Gasteiger partial charge in [-0.25, -0.2) is 0 Å². The minimum Gasteiger partial charge on any atom is -0.497 e. The molecule has 2 unspecified atom stereocenters. The first-order valence-corrected chi connectivity index (χ1v) is 7.52. The SMILES string of the molecule is CCOC(=O)C1C(C(=CCl)c2cccc(OC)c2)C1(C)C. The average molecular weight is 309 g/mol. The van der Waals surface area contributed by atoms with Gasteiger partial charge in [0.1, 0.15) is 5.75 Å². The molecule has 0 heterocycles. The van der Waals surface area contributed by atoms with Crippen molar-refractivity contribution < 1.29 is 14.3 Å². The van der Waals surface area contributed by atoms with Gasteiger partial charge >= 0.3 is 5.97 Å². The standard InChI is InChI=1S/C17H21ClO3/c1-5-21-16(19)15-14(17(15,2)3)13(10-18)11-7-6-8-12(9-11)20-4/h6-10,14-15H,5H2,1-4H3. The molecule has 0 aliphatic heterocycles. The summed E-state index contributed by atoms with van der Waals surface area (Å²) >= 11 is 6.05. The number of esters is 1. The number of hydrogen-bond acceptors (Lipinski definition) is 3. The molecule has 1 aromatic rings. The number of ether oxygens (including phenoxy) is 2. The van der Waals surface area contributed by atoms with Crippen LogP contribution in [-0.2, 0) is 9.53 Å². The van der Waals surface area contributed by atoms with Crippen molar-refractivity contribution in [3.63, 3.8) is 0 Å². The Hall–Kier alpha value is -1.48. The van der Waals surface area contributed by atoms with Crippen molar-refractivity contribution in [3.05, 3.63) is 35.4 Å². The van der Waals surface area contributed by atoms with E-state index < -0.39 is 0 Å². The van der Waals surface area contributed by atoms with E-state index in [9.17, 15) is 4.79 Å². The van der Waals surface area contributed by atoms with Crippen LogP contribution in [0.15, 0.2) is 29.8 Å². The van der Waals surface area contributed by atoms with Crippen LogP contribution in [0.3, 0.4) is 0 Å². The fourth-order valence-corrected chi connectivity index (χ4v) is 3.26. The van der Waals surface area contributed by atoms with Gasteiger partial charge in [0.2, 0.25) is 0 Å². The van der Waals surface area contributed by atoms with Crippen LogP contribution in [0.25, 0.3) is 5.57 Å². The Balaban J connectivity index is 2.28. The van der Waals surface area contributed by atoms with Gasteiger partial charge in [-0.15, -0.1) is 0 Å². The van der Waals surface area contributed by atoms with Crippen LogP contribution in [0.2, 0.25) is 0 Å². The van der Waals surface area contributed by atoms with Crippen molar-refractivity contribution in [3.8, 4) is 5.75 Å². The summed E-state index contributed by atoms with van der Waals surface area (Å²) in [5, 5.41) is 0. The van der Waals surface area contributed by atoms with Crippen LogP contribution in [0.5, 0.6) is 5.75 Å². The summed E-state index contributed by atoms with van der Waals surface area (Å²) in [6, 6.07) is 7.72. The van der Waals surface area contributed by atoms with Crippen molar-refractivity contribution in [2.75, 3.05) is 13.7 Å². The molecule has 114 valence electrons. The number of carbonyl (C=O) groups excluding carboxylic acids is 1. The average Bonchev–Trinajstić information content (AvgIpc) is 3.03. The molecular weight excluding hydrogens is 288 g/mol. The Morgan fingerprint density at radius 3 is 2.67 bits per heavy atom. The Bertz CT molecular complexity index is 563. The number of carbonyl (C=O) groups is 1. The van der Waals surface area contributed by atoms with Crippen LogP contribution in [0.1, 0.15) is 26.3 Å². The zero-order valence-electron chi connectivity index (χ0n) is 12.9. The van der Waals surface area contributed by atoms with Gasteiger partial charge in [-0.05, 0) is 35.6 Å². The Morgan fingerprint density at radius 1 is 1.38 bits per heavy atom. The third-order valence-electron chi connectivity index (χ3n) is 4.22. The maximum atomic E-state index is 12.1. The second-order valence-corrected chi connectivity index (χ2v) is 6.04. The highest BCUT2D eigenvalue weighted by Gasteiger charge is 2.64. The lowest BCUT2D eigenvalue weighted by Crippen LogP contribution is -2.10. The summed E-state index contributed by atoms with van der Waals surface area (Å²) in [6.45, 7) is 6.36. The summed E-state index contributed by atoms with van der Waals surface area (Å²) in [4.78, 5) is 12.1. The first kappa shape index (κ1) is 15.9. The highest BCUT2D eigenvalue weighted by Crippen LogP contribution is 2.64. The Morgan fingerprint density at radius 2 is 2.10 bits per heavy atom. The molecule has 2 rings (SSSR count). The van der Waals surface area contributed by atoms with Crippen LogP contribution in [0.4, 0.5) is 0 Å². The lowest BCUT2D eigenvalue weighted by Gasteiger charge is -2.09. The molecule has 0 N–H and O–H groups in total. The predicted octanol–water partition coefficient (Wildman–Crippen LogP) is 4.11. The highest BCUT2D eigenvalue weighted by atomic mass is 35.5. The molecule has 21 heavy (non-hydrogen) atoms. The number of rotatable bonds is 5. The van der Waals surface area contributed by atoms with Crippen LogP contribution in [-0.4, -0.2) is 19.7 Å². The Labute approximate surface area is 130 Å². The van der Waals surface area contributed by atoms with Gasteiger partial charge in [-0.2, -0.15) is 0 Å². The second-order valence-electron chi connectivity index (χ2n) is 5.83. The lowest BCUT2D eigenvalue weighted by molar-refractivity contribution is -0.145. The minimum absolute atomic E-state index is 0.0705. The summed E-state index contributed by atoms with van der Waals surface area (Å²) < 4.78 is 10.4. The maximum Gasteiger partial charge on any atom is 0.310 e. The number of methoxy groups -OCH3 is 1. The molecule has 0 bridgehead atoms. The first-order valence-electron chi connectivity index (χ1n) is 7.08. The quantitative estimate of drug-likeness (QED) is 0.768. The summed E-state index contributed by atoms with van der Waals surface area (Å²) in [7, 11) is 1.63. The zero-order valence-corrected chi connectivity index (χ0v) is 13.6. The van der Waals surface area contributed by atoms with Gasteiger partial charge in [-0.1, -0.05) is 37.6 Å². The molecule has 0 saturated heterocycles. The molecule has 3 nitrogen and oxygen atoms in total. The van der Waals surface area contributed by atoms with Crippen molar-refractivity contribution in [2.24, 2.45) is 17.3 Å². The van der Waals surface area contributed by atoms with E-state index in [1.165, 1.54) is 0 Å². The smallest absolute Gasteiger partial charge is 0.310 e. The van der Waals surface area contributed by atoms with Crippen LogP contribution < -0.4 is 4.74 Å². The van der Waals surface area contributed by atoms with E-state index in [2.05, 4.69) is 13.8 Å². The molecule has 0 aromatic heterocycles. The van der Waals surface area contributed by atoms with Gasteiger partial charge in [0, 0.05) is 11.5 Å². The van der Waals surface area contributed by atoms with Crippen molar-refractivity contribution in [1.29, 1.82) is 0 Å². The third kappa shape index (κ3) is 2.93. The molecule has 1 aliphatic carbocycles. The Kier molecular flexibility index (Phi) is 4.62. The summed E-state index contributed by atoms with van der Waals surface area (Å²) in [5.74, 6) is 0.552. The number of halogens is 1. The molecule has 2 atom stereocenters. The molecule has 0 spiro atoms. The van der Waals surface area contributed by atoms with E-state index in [1.807, 2.05) is 31.2 Å². The maximum absolute atomic E-state index is 12.1. The predicted molar refractivity (Wildman–Crippen MR) is 84.2 cm³/mol. The monoisotopic (exact) mass is 308 g/mol. The molecule has 1 saturated carbocycles. The zero-order chi connectivity index (χ0) is 15.6. The summed E-state index contributed by atoms with van der Waals surface area (Å²) in [5.41, 5.74) is 3.36. The van der Waals surface area contributed by atoms with E-state index in [0.717, 1.165) is 16.9 Å². The minimum atomic E-state index is -0.147. The van der Waals surface area contributed by atoms with Crippen molar-refractivity contribution in [1.82, 2.24) is 0 Å². The van der Waals surface area contributed by atoms with Gasteiger partial charge < -0.3 is 9.47 Å². The van der Waals surface area contributed by atoms with E-state index in [4.69, 9.17) is 21.1 Å². The number of benzene rings is 1. The molecule has 0 amide bonds. The van der Waals surface area contributed by atoms with Crippen molar-refractivity contribution in [2.45, 2.75) is 20.8 Å². The number of allylic oxidation sites excluding steroid dienone is 1. The molecule has 0 radical (unpaired) electrons. The molecule has 1 aromatic carbocycles. The third-order valence-corrected chi connectivity index (χ3v) is 4.46. The lowest BCUT2D eigenvalue weighted by atomic mass is 9.98. The molecule has 1 aliphatic rings. The van der Waals surface area contributed by atoms with E-state index in [0.29, 0.717) is 6.61 Å². The summed E-state index contributed by atoms with van der Waals surface area (Å²) in [6.07, 6.45) is 0. The molecule has 4 heteroatoms. The molecule has 1 fully saturated rings. The van der Waals surface area contributed by atoms with Crippen molar-refractivity contribution >= 4 is 23.1 Å². The van der Waals surface area contributed by atoms with Crippen LogP contribution >= 0.6 is 11.6 Å². The van der Waals surface area contributed by atoms with Gasteiger partial charge in [0.05, 0.1) is 19.6 Å². The molecular formula is C17H21ClO3. The van der Waals surface area contributed by atoms with Gasteiger partial charge in [-0.3, -0.25) is 4.79 Å². The second kappa shape index (κ2) is 6.10. The topological polar surface area (TPSA) is 35.5 Å². The van der Waals surface area contributed by atoms with E-state index in [1.54, 1.807) is 12.6 Å². The van der Waals surface area contributed by atoms with Crippen LogP contribution in [0, 0.1) is 17.3 Å². The van der Waals surface area contributed by atoms with E-state index >= 15 is 0 Å². The van der Waals surface area contributed by atoms with Gasteiger partial charge in [0.15, 0.2) is 0 Å². The van der Waals surface area contributed by atoms with Gasteiger partial charge in [0.25, 0.3) is 0 Å². The highest BCUT2D eigenvalue weighted by molar-refractivity contribution is 6.28. The fraction of sp³-hybridized carbons (Fsp3) is 0.471. The fourth-order valence-electron chi connectivity index (χ4n) is 3.00. The largest absolute Gasteiger partial charge is 0.497 e. The normalized spacial score (nSPS) is 23.6. The van der Waals surface area contributed by atoms with E-state index in [-0.39, 0.29) is 23.2 Å². The first-order chi connectivity index (χ1) is 9.97. The number of hydrogen-bond donors (Lipinski definition) is 0.